The molecule has 5 rings (SSSR count). The average molecular weight is 433 g/mol. The van der Waals surface area contributed by atoms with E-state index in [2.05, 4.69) is 15.4 Å². The third-order valence-corrected chi connectivity index (χ3v) is 6.44. The molecule has 0 saturated carbocycles. The Morgan fingerprint density at radius 3 is 2.81 bits per heavy atom. The number of nitrogens with one attached hydrogen (secondary N) is 1. The Bertz CT molecular complexity index is 1360. The van der Waals surface area contributed by atoms with Crippen LogP contribution in [0, 0.1) is 13.8 Å². The summed E-state index contributed by atoms with van der Waals surface area (Å²) in [6, 6.07) is 11.3. The van der Waals surface area contributed by atoms with Crippen LogP contribution in [-0.4, -0.2) is 36.0 Å². The summed E-state index contributed by atoms with van der Waals surface area (Å²) in [7, 11) is 0. The van der Waals surface area contributed by atoms with E-state index in [4.69, 9.17) is 4.98 Å². The summed E-state index contributed by atoms with van der Waals surface area (Å²) in [5, 5.41) is 8.29. The monoisotopic (exact) mass is 432 g/mol. The molecule has 4 aromatic rings. The van der Waals surface area contributed by atoms with E-state index in [0.717, 1.165) is 16.8 Å². The number of fused-ring (bicyclic) bond motifs is 2. The lowest BCUT2D eigenvalue weighted by Crippen LogP contribution is -2.28. The lowest BCUT2D eigenvalue weighted by Gasteiger charge is -2.14. The van der Waals surface area contributed by atoms with Crippen molar-refractivity contribution in [2.75, 3.05) is 11.1 Å². The molecule has 1 unspecified atom stereocenters. The number of rotatable bonds is 4. The zero-order valence-electron chi connectivity index (χ0n) is 17.1. The van der Waals surface area contributed by atoms with Crippen LogP contribution in [0.25, 0.3) is 16.7 Å². The molecule has 1 aliphatic rings. The molecule has 1 aliphatic heterocycles. The number of anilines is 1. The molecule has 1 amide bonds. The van der Waals surface area contributed by atoms with Crippen LogP contribution in [0.4, 0.5) is 5.82 Å². The van der Waals surface area contributed by atoms with E-state index < -0.39 is 0 Å². The molecule has 0 saturated heterocycles. The molecule has 1 aromatic carbocycles. The number of hydrogen-bond donors (Lipinski definition) is 1. The number of carbonyl (C=O) groups is 1. The summed E-state index contributed by atoms with van der Waals surface area (Å²) in [5.74, 6) is 0.975. The van der Waals surface area contributed by atoms with Gasteiger partial charge in [0.05, 0.1) is 17.9 Å². The minimum absolute atomic E-state index is 0.171. The smallest absolute Gasteiger partial charge is 0.265 e. The van der Waals surface area contributed by atoms with Gasteiger partial charge in [0.1, 0.15) is 11.2 Å². The molecule has 1 N–H and O–H groups in total. The van der Waals surface area contributed by atoms with Gasteiger partial charge < -0.3 is 5.32 Å². The highest BCUT2D eigenvalue weighted by Gasteiger charge is 2.29. The number of benzene rings is 1. The van der Waals surface area contributed by atoms with Gasteiger partial charge in [0.2, 0.25) is 5.91 Å². The Morgan fingerprint density at radius 1 is 1.23 bits per heavy atom. The number of pyridine rings is 1. The number of amides is 1. The predicted molar refractivity (Wildman–Crippen MR) is 120 cm³/mol. The van der Waals surface area contributed by atoms with Crippen molar-refractivity contribution < 1.29 is 4.79 Å². The number of hydrogen-bond acceptors (Lipinski definition) is 6. The standard InChI is InChI=1S/C22H20N6O2S/c1-13-5-7-15(8-6-13)28-20-17(11-24-28)21(30)27-16(12-31-22(27)26-20)10-18(29)25-19-14(2)4-3-9-23-19/h3-9,11,16H,10,12H2,1-2H3,(H,23,25,29). The maximum absolute atomic E-state index is 13.2. The molecule has 156 valence electrons. The van der Waals surface area contributed by atoms with Crippen molar-refractivity contribution in [3.8, 4) is 5.69 Å². The molecular formula is C22H20N6O2S. The van der Waals surface area contributed by atoms with E-state index >= 15 is 0 Å². The summed E-state index contributed by atoms with van der Waals surface area (Å²) in [4.78, 5) is 34.8. The minimum Gasteiger partial charge on any atom is -0.310 e. The lowest BCUT2D eigenvalue weighted by molar-refractivity contribution is -0.116. The second-order valence-electron chi connectivity index (χ2n) is 7.58. The van der Waals surface area contributed by atoms with E-state index in [-0.39, 0.29) is 23.9 Å². The quantitative estimate of drug-likeness (QED) is 0.498. The van der Waals surface area contributed by atoms with Crippen LogP contribution in [0.3, 0.4) is 0 Å². The Balaban J connectivity index is 1.45. The van der Waals surface area contributed by atoms with Gasteiger partial charge in [-0.2, -0.15) is 5.10 Å². The molecular weight excluding hydrogens is 412 g/mol. The van der Waals surface area contributed by atoms with Crippen molar-refractivity contribution in [2.24, 2.45) is 0 Å². The zero-order valence-corrected chi connectivity index (χ0v) is 17.9. The second-order valence-corrected chi connectivity index (χ2v) is 8.57. The van der Waals surface area contributed by atoms with Crippen molar-refractivity contribution in [3.05, 3.63) is 70.3 Å². The first kappa shape index (κ1) is 19.5. The molecule has 9 heteroatoms. The van der Waals surface area contributed by atoms with Gasteiger partial charge in [0.25, 0.3) is 5.56 Å². The van der Waals surface area contributed by atoms with E-state index in [9.17, 15) is 9.59 Å². The molecule has 0 spiro atoms. The van der Waals surface area contributed by atoms with Gasteiger partial charge in [0.15, 0.2) is 10.8 Å². The van der Waals surface area contributed by atoms with E-state index in [1.54, 1.807) is 21.6 Å². The largest absolute Gasteiger partial charge is 0.310 e. The predicted octanol–water partition coefficient (Wildman–Crippen LogP) is 3.27. The highest BCUT2D eigenvalue weighted by molar-refractivity contribution is 7.99. The summed E-state index contributed by atoms with van der Waals surface area (Å²) >= 11 is 1.48. The Kier molecular flexibility index (Phi) is 4.82. The fourth-order valence-corrected chi connectivity index (χ4v) is 4.80. The van der Waals surface area contributed by atoms with Gasteiger partial charge in [0, 0.05) is 18.4 Å². The number of nitrogens with zero attached hydrogens (tertiary/aromatic N) is 5. The van der Waals surface area contributed by atoms with E-state index in [1.165, 1.54) is 11.8 Å². The highest BCUT2D eigenvalue weighted by atomic mass is 32.2. The van der Waals surface area contributed by atoms with Crippen LogP contribution in [0.15, 0.2) is 58.7 Å². The van der Waals surface area contributed by atoms with Gasteiger partial charge in [-0.05, 0) is 37.6 Å². The third-order valence-electron chi connectivity index (χ3n) is 5.34. The third kappa shape index (κ3) is 3.50. The topological polar surface area (TPSA) is 94.7 Å². The first-order valence-electron chi connectivity index (χ1n) is 9.93. The van der Waals surface area contributed by atoms with Gasteiger partial charge in [-0.1, -0.05) is 35.5 Å². The van der Waals surface area contributed by atoms with Gasteiger partial charge in [-0.15, -0.1) is 0 Å². The van der Waals surface area contributed by atoms with Crippen molar-refractivity contribution in [2.45, 2.75) is 31.5 Å². The summed E-state index contributed by atoms with van der Waals surface area (Å²) in [6.07, 6.45) is 3.37. The number of thioether (sulfide) groups is 1. The molecule has 1 atom stereocenters. The number of aryl methyl sites for hydroxylation is 2. The summed E-state index contributed by atoms with van der Waals surface area (Å²) in [5.41, 5.74) is 3.24. The number of carbonyl (C=O) groups excluding carboxylic acids is 1. The fraction of sp³-hybridized carbons (Fsp3) is 0.227. The molecule has 31 heavy (non-hydrogen) atoms. The first-order chi connectivity index (χ1) is 15.0. The molecule has 0 aliphatic carbocycles. The van der Waals surface area contributed by atoms with Gasteiger partial charge in [-0.3, -0.25) is 14.2 Å². The van der Waals surface area contributed by atoms with Gasteiger partial charge >= 0.3 is 0 Å². The number of aromatic nitrogens is 5. The molecule has 3 aromatic heterocycles. The highest BCUT2D eigenvalue weighted by Crippen LogP contribution is 2.33. The lowest BCUT2D eigenvalue weighted by atomic mass is 10.2. The summed E-state index contributed by atoms with van der Waals surface area (Å²) < 4.78 is 3.31. The second kappa shape index (κ2) is 7.66. The Hall–Kier alpha value is -3.46. The first-order valence-corrected chi connectivity index (χ1v) is 10.9. The molecule has 0 bridgehead atoms. The van der Waals surface area contributed by atoms with Crippen molar-refractivity contribution in [1.29, 1.82) is 0 Å². The Labute approximate surface area is 182 Å². The maximum Gasteiger partial charge on any atom is 0.265 e. The van der Waals surface area contributed by atoms with Crippen molar-refractivity contribution >= 4 is 34.5 Å². The van der Waals surface area contributed by atoms with Crippen LogP contribution in [0.1, 0.15) is 23.6 Å². The normalized spacial score (nSPS) is 15.2. The minimum atomic E-state index is -0.267. The molecule has 0 fully saturated rings. The van der Waals surface area contributed by atoms with E-state index in [0.29, 0.717) is 27.8 Å². The molecule has 8 nitrogen and oxygen atoms in total. The van der Waals surface area contributed by atoms with E-state index in [1.807, 2.05) is 50.2 Å². The van der Waals surface area contributed by atoms with Crippen LogP contribution in [0.2, 0.25) is 0 Å². The molecule has 4 heterocycles. The SMILES string of the molecule is Cc1ccc(-n2ncc3c(=O)n4c(nc32)SCC4CC(=O)Nc2ncccc2C)cc1. The van der Waals surface area contributed by atoms with Gasteiger partial charge in [-0.25, -0.2) is 14.6 Å². The zero-order chi connectivity index (χ0) is 21.5. The molecule has 0 radical (unpaired) electrons. The average Bonchev–Trinajstić information content (AvgIpc) is 3.35. The summed E-state index contributed by atoms with van der Waals surface area (Å²) in [6.45, 7) is 3.91. The maximum atomic E-state index is 13.2. The van der Waals surface area contributed by atoms with Crippen LogP contribution < -0.4 is 10.9 Å². The van der Waals surface area contributed by atoms with Crippen molar-refractivity contribution in [1.82, 2.24) is 24.3 Å². The van der Waals surface area contributed by atoms with Crippen LogP contribution in [0.5, 0.6) is 0 Å². The fourth-order valence-electron chi connectivity index (χ4n) is 3.67. The van der Waals surface area contributed by atoms with Crippen molar-refractivity contribution in [3.63, 3.8) is 0 Å². The Morgan fingerprint density at radius 2 is 2.03 bits per heavy atom. The van der Waals surface area contributed by atoms with Crippen LogP contribution in [-0.2, 0) is 4.79 Å². The van der Waals surface area contributed by atoms with Crippen LogP contribution >= 0.6 is 11.8 Å².